The zero-order chi connectivity index (χ0) is 25.0. The first kappa shape index (κ1) is 24.0. The number of aryl methyl sites for hydroxylation is 1. The predicted octanol–water partition coefficient (Wildman–Crippen LogP) is 0.388. The second-order valence-electron chi connectivity index (χ2n) is 7.65. The highest BCUT2D eigenvalue weighted by molar-refractivity contribution is 6.08. The third kappa shape index (κ3) is 5.20. The van der Waals surface area contributed by atoms with E-state index in [-0.39, 0.29) is 36.6 Å². The minimum atomic E-state index is -0.428. The molecule has 0 bridgehead atoms. The first-order chi connectivity index (χ1) is 16.1. The van der Waals surface area contributed by atoms with Gasteiger partial charge in [-0.3, -0.25) is 19.4 Å². The Bertz CT molecular complexity index is 1260. The van der Waals surface area contributed by atoms with Crippen molar-refractivity contribution < 1.29 is 14.4 Å². The van der Waals surface area contributed by atoms with E-state index in [9.17, 15) is 14.4 Å². The van der Waals surface area contributed by atoms with Gasteiger partial charge < -0.3 is 47.7 Å². The number of nitrogen functional groups attached to an aromatic ring is 1. The molecule has 3 heterocycles. The summed E-state index contributed by atoms with van der Waals surface area (Å²) in [5.41, 5.74) is 19.7. The fraction of sp³-hybridized carbons (Fsp3) is 0.238. The molecule has 0 aliphatic rings. The average Bonchev–Trinajstić information content (AvgIpc) is 3.42. The number of aromatic nitrogens is 3. The number of hydrogen-bond acceptors (Lipinski definition) is 5. The molecule has 0 saturated heterocycles. The number of carbonyl (C=O) groups excluding carboxylic acids is 3. The Hall–Kier alpha value is -4.68. The lowest BCUT2D eigenvalue weighted by Gasteiger charge is -2.07. The van der Waals surface area contributed by atoms with Gasteiger partial charge in [0.1, 0.15) is 17.1 Å². The van der Waals surface area contributed by atoms with Crippen LogP contribution in [0.1, 0.15) is 42.6 Å². The highest BCUT2D eigenvalue weighted by atomic mass is 16.2. The first-order valence-electron chi connectivity index (χ1n) is 10.3. The number of aromatic amines is 2. The highest BCUT2D eigenvalue weighted by Gasteiger charge is 2.20. The van der Waals surface area contributed by atoms with Crippen LogP contribution in [0.5, 0.6) is 0 Å². The Morgan fingerprint density at radius 3 is 2.06 bits per heavy atom. The van der Waals surface area contributed by atoms with E-state index < -0.39 is 5.91 Å². The number of hydrogen-bond donors (Lipinski definition) is 8. The Morgan fingerprint density at radius 2 is 1.53 bits per heavy atom. The zero-order valence-corrected chi connectivity index (χ0v) is 19.1. The van der Waals surface area contributed by atoms with E-state index in [1.54, 1.807) is 37.7 Å². The molecule has 0 spiro atoms. The fourth-order valence-corrected chi connectivity index (χ4v) is 3.35. The van der Waals surface area contributed by atoms with Crippen molar-refractivity contribution in [1.82, 2.24) is 19.9 Å². The van der Waals surface area contributed by atoms with Gasteiger partial charge in [-0.2, -0.15) is 0 Å². The second-order valence-corrected chi connectivity index (χ2v) is 7.65. The maximum absolute atomic E-state index is 12.8. The number of nitrogens with zero attached hydrogens (tertiary/aromatic N) is 2. The number of guanidine groups is 1. The van der Waals surface area contributed by atoms with Crippen LogP contribution in [0.2, 0.25) is 0 Å². The topological polar surface area (TPSA) is 214 Å². The van der Waals surface area contributed by atoms with E-state index in [1.165, 1.54) is 12.4 Å². The Labute approximate surface area is 195 Å². The molecule has 180 valence electrons. The van der Waals surface area contributed by atoms with Crippen molar-refractivity contribution in [3.8, 4) is 0 Å². The molecule has 3 aromatic rings. The van der Waals surface area contributed by atoms with Crippen LogP contribution in [0, 0.1) is 13.8 Å². The van der Waals surface area contributed by atoms with E-state index in [4.69, 9.17) is 17.2 Å². The van der Waals surface area contributed by atoms with Crippen LogP contribution in [0.3, 0.4) is 0 Å². The van der Waals surface area contributed by atoms with Crippen LogP contribution in [0.4, 0.5) is 17.1 Å². The van der Waals surface area contributed by atoms with Crippen molar-refractivity contribution in [2.24, 2.45) is 23.5 Å². The highest BCUT2D eigenvalue weighted by Crippen LogP contribution is 2.23. The molecular weight excluding hydrogens is 440 g/mol. The molecule has 0 unspecified atom stereocenters. The lowest BCUT2D eigenvalue weighted by Crippen LogP contribution is -2.29. The van der Waals surface area contributed by atoms with Crippen molar-refractivity contribution in [2.45, 2.75) is 13.8 Å². The predicted molar refractivity (Wildman–Crippen MR) is 130 cm³/mol. The van der Waals surface area contributed by atoms with Gasteiger partial charge in [-0.1, -0.05) is 0 Å². The number of nitrogens with two attached hydrogens (primary N) is 3. The van der Waals surface area contributed by atoms with Gasteiger partial charge in [0.25, 0.3) is 17.7 Å². The van der Waals surface area contributed by atoms with Gasteiger partial charge in [0.15, 0.2) is 5.96 Å². The molecule has 3 aromatic heterocycles. The molecule has 0 aromatic carbocycles. The lowest BCUT2D eigenvalue weighted by molar-refractivity contribution is 0.0948. The summed E-state index contributed by atoms with van der Waals surface area (Å²) in [5.74, 6) is -1.19. The molecule has 0 saturated carbocycles. The molecule has 0 aliphatic carbocycles. The lowest BCUT2D eigenvalue weighted by atomic mass is 10.2. The van der Waals surface area contributed by atoms with Gasteiger partial charge in [-0.25, -0.2) is 0 Å². The van der Waals surface area contributed by atoms with E-state index in [0.717, 1.165) is 0 Å². The van der Waals surface area contributed by atoms with Crippen molar-refractivity contribution in [1.29, 1.82) is 0 Å². The van der Waals surface area contributed by atoms with E-state index in [1.807, 2.05) is 0 Å². The summed E-state index contributed by atoms with van der Waals surface area (Å²) >= 11 is 0. The van der Waals surface area contributed by atoms with Crippen LogP contribution >= 0.6 is 0 Å². The second kappa shape index (κ2) is 9.85. The van der Waals surface area contributed by atoms with Gasteiger partial charge in [0.05, 0.1) is 23.6 Å². The summed E-state index contributed by atoms with van der Waals surface area (Å²) in [5, 5.41) is 8.22. The third-order valence-corrected chi connectivity index (χ3v) is 5.18. The molecule has 0 fully saturated rings. The molecule has 3 amide bonds. The summed E-state index contributed by atoms with van der Waals surface area (Å²) in [7, 11) is 1.71. The van der Waals surface area contributed by atoms with Crippen LogP contribution in [-0.4, -0.2) is 51.3 Å². The van der Waals surface area contributed by atoms with Crippen LogP contribution < -0.4 is 33.2 Å². The van der Waals surface area contributed by atoms with Crippen molar-refractivity contribution in [3.63, 3.8) is 0 Å². The molecule has 13 nitrogen and oxygen atoms in total. The molecule has 3 rings (SSSR count). The summed E-state index contributed by atoms with van der Waals surface area (Å²) in [6, 6.07) is 1.56. The van der Waals surface area contributed by atoms with Gasteiger partial charge in [0, 0.05) is 43.3 Å². The smallest absolute Gasteiger partial charge is 0.272 e. The van der Waals surface area contributed by atoms with Gasteiger partial charge in [-0.15, -0.1) is 0 Å². The third-order valence-electron chi connectivity index (χ3n) is 5.18. The van der Waals surface area contributed by atoms with Crippen molar-refractivity contribution in [3.05, 3.63) is 52.9 Å². The Balaban J connectivity index is 1.66. The Kier molecular flexibility index (Phi) is 6.95. The standard InChI is InChI=1S/C21H28N10O3/c1-10-14(8-27-16(10)19(33)25-4-5-26-21(23)24)30-20(34)17-11(2)13(7-28-17)29-18(32)15-6-12(22)9-31(15)3/h6-9,27-28H,4-5,22H2,1-3H3,(H,25,33)(H,29,32)(H,30,34)(H4,23,24,26). The van der Waals surface area contributed by atoms with Crippen LogP contribution in [0.25, 0.3) is 0 Å². The number of aliphatic imine (C=N–C) groups is 1. The number of carbonyl (C=O) groups is 3. The average molecular weight is 469 g/mol. The van der Waals surface area contributed by atoms with Crippen LogP contribution in [-0.2, 0) is 7.05 Å². The minimum Gasteiger partial charge on any atom is -0.397 e. The molecular formula is C21H28N10O3. The first-order valence-corrected chi connectivity index (χ1v) is 10.3. The van der Waals surface area contributed by atoms with E-state index in [2.05, 4.69) is 30.9 Å². The summed E-state index contributed by atoms with van der Waals surface area (Å²) in [6.07, 6.45) is 4.70. The SMILES string of the molecule is Cc1c(NC(=O)c2[nH]cc(NC(=O)c3cc(N)cn3C)c2C)c[nH]c1C(=O)NCCN=C(N)N. The Morgan fingerprint density at radius 1 is 0.971 bits per heavy atom. The molecule has 13 heteroatoms. The quantitative estimate of drug-likeness (QED) is 0.133. The molecule has 0 radical (unpaired) electrons. The van der Waals surface area contributed by atoms with E-state index in [0.29, 0.717) is 39.6 Å². The van der Waals surface area contributed by atoms with Crippen molar-refractivity contribution in [2.75, 3.05) is 29.5 Å². The fourth-order valence-electron chi connectivity index (χ4n) is 3.35. The van der Waals surface area contributed by atoms with Crippen molar-refractivity contribution >= 4 is 40.7 Å². The molecule has 34 heavy (non-hydrogen) atoms. The minimum absolute atomic E-state index is 0.0534. The summed E-state index contributed by atoms with van der Waals surface area (Å²) in [6.45, 7) is 3.91. The number of H-pyrrole nitrogens is 2. The molecule has 0 atom stereocenters. The molecule has 0 aliphatic heterocycles. The van der Waals surface area contributed by atoms with Gasteiger partial charge in [-0.05, 0) is 19.9 Å². The number of nitrogens with one attached hydrogen (secondary N) is 5. The monoisotopic (exact) mass is 468 g/mol. The normalized spacial score (nSPS) is 10.6. The summed E-state index contributed by atoms with van der Waals surface area (Å²) in [4.78, 5) is 47.3. The number of anilines is 3. The van der Waals surface area contributed by atoms with E-state index >= 15 is 0 Å². The van der Waals surface area contributed by atoms with Gasteiger partial charge >= 0.3 is 0 Å². The molecule has 11 N–H and O–H groups in total. The summed E-state index contributed by atoms with van der Waals surface area (Å²) < 4.78 is 1.61. The number of rotatable bonds is 8. The van der Waals surface area contributed by atoms with Gasteiger partial charge in [0.2, 0.25) is 0 Å². The van der Waals surface area contributed by atoms with Crippen LogP contribution in [0.15, 0.2) is 29.6 Å². The number of amides is 3. The zero-order valence-electron chi connectivity index (χ0n) is 19.1. The maximum atomic E-state index is 12.8. The largest absolute Gasteiger partial charge is 0.397 e. The maximum Gasteiger partial charge on any atom is 0.272 e.